The fraction of sp³-hybridized carbons (Fsp3) is 0.143. The Morgan fingerprint density at radius 1 is 1.17 bits per heavy atom. The zero-order valence-electron chi connectivity index (χ0n) is 16.2. The summed E-state index contributed by atoms with van der Waals surface area (Å²) in [6, 6.07) is 12.2. The average Bonchev–Trinajstić information content (AvgIpc) is 2.73. The summed E-state index contributed by atoms with van der Waals surface area (Å²) in [5.74, 6) is -1.12. The molecule has 9 nitrogen and oxygen atoms in total. The summed E-state index contributed by atoms with van der Waals surface area (Å²) in [5, 5.41) is 19.9. The van der Waals surface area contributed by atoms with Gasteiger partial charge in [-0.05, 0) is 48.9 Å². The van der Waals surface area contributed by atoms with Crippen LogP contribution in [0.4, 0.5) is 5.69 Å². The van der Waals surface area contributed by atoms with Crippen LogP contribution in [0.15, 0.2) is 63.1 Å². The molecule has 0 bridgehead atoms. The fourth-order valence-corrected chi connectivity index (χ4v) is 2.93. The Morgan fingerprint density at radius 3 is 2.47 bits per heavy atom. The molecule has 30 heavy (non-hydrogen) atoms. The summed E-state index contributed by atoms with van der Waals surface area (Å²) in [6.07, 6.45) is 0.245. The van der Waals surface area contributed by atoms with Gasteiger partial charge in [-0.15, -0.1) is 0 Å². The molecule has 3 rings (SSSR count). The second-order valence-electron chi connectivity index (χ2n) is 6.26. The minimum absolute atomic E-state index is 0.0352. The number of aromatic hydroxyl groups is 1. The number of aliphatic imine (C=N–C) groups is 1. The number of hydrogen-bond acceptors (Lipinski definition) is 6. The molecule has 0 radical (unpaired) electrons. The van der Waals surface area contributed by atoms with E-state index >= 15 is 0 Å². The van der Waals surface area contributed by atoms with Crippen LogP contribution in [0, 0.1) is 0 Å². The van der Waals surface area contributed by atoms with Crippen molar-refractivity contribution in [1.29, 1.82) is 0 Å². The highest BCUT2D eigenvalue weighted by atomic mass is 16.5. The van der Waals surface area contributed by atoms with Crippen molar-refractivity contribution in [1.82, 2.24) is 9.55 Å². The summed E-state index contributed by atoms with van der Waals surface area (Å²) in [6.45, 7) is 1.72. The van der Waals surface area contributed by atoms with Crippen molar-refractivity contribution in [2.45, 2.75) is 13.3 Å². The number of benzene rings is 2. The van der Waals surface area contributed by atoms with E-state index in [4.69, 9.17) is 9.84 Å². The number of carbonyl (C=O) groups is 1. The lowest BCUT2D eigenvalue weighted by molar-refractivity contribution is 0.0697. The minimum Gasteiger partial charge on any atom is -0.497 e. The predicted octanol–water partition coefficient (Wildman–Crippen LogP) is 2.47. The number of rotatable bonds is 6. The van der Waals surface area contributed by atoms with Crippen LogP contribution in [0.2, 0.25) is 0 Å². The molecule has 1 heterocycles. The van der Waals surface area contributed by atoms with Gasteiger partial charge in [0.25, 0.3) is 5.56 Å². The first-order chi connectivity index (χ1) is 14.3. The number of nitrogens with one attached hydrogen (secondary N) is 1. The molecule has 9 heteroatoms. The van der Waals surface area contributed by atoms with E-state index in [1.165, 1.54) is 25.3 Å². The van der Waals surface area contributed by atoms with E-state index in [1.807, 2.05) is 0 Å². The van der Waals surface area contributed by atoms with E-state index in [0.717, 1.165) is 4.57 Å². The SMILES string of the molecule is CCC(=Nc1cccc(C(=O)O)c1)c1c(O)n(-c2ccc(OC)cc2)c(=O)[nH]c1=O. The average molecular weight is 409 g/mol. The van der Waals surface area contributed by atoms with Crippen molar-refractivity contribution in [2.24, 2.45) is 4.99 Å². The van der Waals surface area contributed by atoms with Crippen LogP contribution in [0.3, 0.4) is 0 Å². The number of methoxy groups -OCH3 is 1. The van der Waals surface area contributed by atoms with Gasteiger partial charge in [-0.3, -0.25) is 14.8 Å². The van der Waals surface area contributed by atoms with Crippen LogP contribution in [-0.4, -0.2) is 38.6 Å². The van der Waals surface area contributed by atoms with Crippen molar-refractivity contribution in [3.8, 4) is 17.3 Å². The van der Waals surface area contributed by atoms with Crippen molar-refractivity contribution in [3.05, 3.63) is 80.5 Å². The summed E-state index contributed by atoms with van der Waals surface area (Å²) in [4.78, 5) is 42.6. The van der Waals surface area contributed by atoms with E-state index in [9.17, 15) is 19.5 Å². The van der Waals surface area contributed by atoms with Gasteiger partial charge >= 0.3 is 11.7 Å². The van der Waals surface area contributed by atoms with Gasteiger partial charge in [0.15, 0.2) is 0 Å². The summed E-state index contributed by atoms with van der Waals surface area (Å²) in [7, 11) is 1.50. The first-order valence-corrected chi connectivity index (χ1v) is 8.99. The topological polar surface area (TPSA) is 134 Å². The van der Waals surface area contributed by atoms with Crippen LogP contribution < -0.4 is 16.0 Å². The summed E-state index contributed by atoms with van der Waals surface area (Å²) >= 11 is 0. The molecular formula is C21H19N3O6. The number of carboxylic acids is 1. The van der Waals surface area contributed by atoms with Gasteiger partial charge in [-0.2, -0.15) is 0 Å². The number of H-pyrrole nitrogens is 1. The predicted molar refractivity (Wildman–Crippen MR) is 111 cm³/mol. The molecule has 0 unspecified atom stereocenters. The van der Waals surface area contributed by atoms with Gasteiger partial charge in [-0.25, -0.2) is 14.2 Å². The quantitative estimate of drug-likeness (QED) is 0.536. The van der Waals surface area contributed by atoms with Crippen LogP contribution in [0.1, 0.15) is 29.3 Å². The van der Waals surface area contributed by atoms with Gasteiger partial charge in [0, 0.05) is 0 Å². The molecule has 3 aromatic rings. The lowest BCUT2D eigenvalue weighted by Gasteiger charge is -2.13. The van der Waals surface area contributed by atoms with E-state index in [1.54, 1.807) is 37.3 Å². The number of hydrogen-bond donors (Lipinski definition) is 3. The second kappa shape index (κ2) is 8.48. The monoisotopic (exact) mass is 409 g/mol. The van der Waals surface area contributed by atoms with E-state index in [0.29, 0.717) is 17.1 Å². The smallest absolute Gasteiger partial charge is 0.335 e. The molecule has 154 valence electrons. The Kier molecular flexibility index (Phi) is 5.82. The normalized spacial score (nSPS) is 11.3. The molecule has 0 saturated carbocycles. The highest BCUT2D eigenvalue weighted by Crippen LogP contribution is 2.23. The van der Waals surface area contributed by atoms with E-state index in [-0.39, 0.29) is 23.3 Å². The molecule has 1 aromatic heterocycles. The fourth-order valence-electron chi connectivity index (χ4n) is 2.93. The van der Waals surface area contributed by atoms with Crippen LogP contribution >= 0.6 is 0 Å². The number of carboxylic acid groups (broad SMARTS) is 1. The third-order valence-corrected chi connectivity index (χ3v) is 4.40. The molecule has 0 aliphatic carbocycles. The van der Waals surface area contributed by atoms with Gasteiger partial charge in [-0.1, -0.05) is 13.0 Å². The number of ether oxygens (including phenoxy) is 1. The number of aromatic nitrogens is 2. The van der Waals surface area contributed by atoms with Gasteiger partial charge < -0.3 is 14.9 Å². The van der Waals surface area contributed by atoms with E-state index in [2.05, 4.69) is 9.98 Å². The van der Waals surface area contributed by atoms with Crippen molar-refractivity contribution >= 4 is 17.4 Å². The molecule has 2 aromatic carbocycles. The Balaban J connectivity index is 2.19. The summed E-state index contributed by atoms with van der Waals surface area (Å²) in [5.41, 5.74) is -0.931. The molecule has 0 spiro atoms. The van der Waals surface area contributed by atoms with Gasteiger partial charge in [0.2, 0.25) is 5.88 Å². The maximum atomic E-state index is 12.5. The molecule has 0 atom stereocenters. The Morgan fingerprint density at radius 2 is 1.87 bits per heavy atom. The number of aromatic carboxylic acids is 1. The standard InChI is InChI=1S/C21H19N3O6/c1-3-16(22-13-6-4-5-12(11-13)20(27)28)17-18(25)23-21(29)24(19(17)26)14-7-9-15(30-2)10-8-14/h4-11,26H,3H2,1-2H3,(H,27,28)(H,23,25,29). The number of nitrogens with zero attached hydrogens (tertiary/aromatic N) is 2. The first-order valence-electron chi connectivity index (χ1n) is 8.99. The minimum atomic E-state index is -1.11. The second-order valence-corrected chi connectivity index (χ2v) is 6.26. The Labute approximate surface area is 170 Å². The maximum Gasteiger partial charge on any atom is 0.335 e. The van der Waals surface area contributed by atoms with Crippen LogP contribution in [0.25, 0.3) is 5.69 Å². The van der Waals surface area contributed by atoms with Crippen molar-refractivity contribution in [2.75, 3.05) is 7.11 Å². The Hall–Kier alpha value is -4.14. The van der Waals surface area contributed by atoms with Crippen molar-refractivity contribution in [3.63, 3.8) is 0 Å². The van der Waals surface area contributed by atoms with Crippen molar-refractivity contribution < 1.29 is 19.7 Å². The largest absolute Gasteiger partial charge is 0.497 e. The molecule has 0 amide bonds. The lowest BCUT2D eigenvalue weighted by atomic mass is 10.1. The Bertz CT molecular complexity index is 1240. The molecule has 0 aliphatic rings. The third-order valence-electron chi connectivity index (χ3n) is 4.40. The molecular weight excluding hydrogens is 390 g/mol. The highest BCUT2D eigenvalue weighted by molar-refractivity contribution is 6.03. The van der Waals surface area contributed by atoms with Gasteiger partial charge in [0.1, 0.15) is 11.3 Å². The van der Waals surface area contributed by atoms with Gasteiger partial charge in [0.05, 0.1) is 29.8 Å². The third kappa shape index (κ3) is 4.00. The molecule has 0 aliphatic heterocycles. The maximum absolute atomic E-state index is 12.5. The molecule has 0 fully saturated rings. The molecule has 0 saturated heterocycles. The first kappa shape index (κ1) is 20.6. The highest BCUT2D eigenvalue weighted by Gasteiger charge is 2.19. The van der Waals surface area contributed by atoms with Crippen LogP contribution in [0.5, 0.6) is 11.6 Å². The van der Waals surface area contributed by atoms with Crippen LogP contribution in [-0.2, 0) is 0 Å². The zero-order chi connectivity index (χ0) is 21.8. The lowest BCUT2D eigenvalue weighted by Crippen LogP contribution is -2.33. The molecule has 3 N–H and O–H groups in total. The zero-order valence-corrected chi connectivity index (χ0v) is 16.2. The van der Waals surface area contributed by atoms with E-state index < -0.39 is 23.1 Å². The number of aromatic amines is 1. The summed E-state index contributed by atoms with van der Waals surface area (Å²) < 4.78 is 6.04.